The van der Waals surface area contributed by atoms with E-state index in [4.69, 9.17) is 0 Å². The minimum absolute atomic E-state index is 0.0235. The van der Waals surface area contributed by atoms with Crippen molar-refractivity contribution in [3.63, 3.8) is 0 Å². The van der Waals surface area contributed by atoms with E-state index in [0.29, 0.717) is 10.2 Å². The number of likely N-dealkylation sites (tertiary alicyclic amines) is 1. The van der Waals surface area contributed by atoms with Gasteiger partial charge in [0.15, 0.2) is 0 Å². The van der Waals surface area contributed by atoms with E-state index >= 15 is 0 Å². The number of nitrogens with one attached hydrogen (secondary N) is 1. The third-order valence-corrected chi connectivity index (χ3v) is 4.15. The summed E-state index contributed by atoms with van der Waals surface area (Å²) in [4.78, 5) is 17.0. The Morgan fingerprint density at radius 3 is 2.80 bits per heavy atom. The van der Waals surface area contributed by atoms with E-state index in [0.717, 1.165) is 32.5 Å². The third-order valence-electron chi connectivity index (χ3n) is 3.55. The first kappa shape index (κ1) is 15.2. The second-order valence-electron chi connectivity index (χ2n) is 5.03. The number of rotatable bonds is 5. The van der Waals surface area contributed by atoms with Gasteiger partial charge in [-0.15, -0.1) is 0 Å². The summed E-state index contributed by atoms with van der Waals surface area (Å²) in [5, 5.41) is 14.4. The summed E-state index contributed by atoms with van der Waals surface area (Å²) in [6, 6.07) is 0.278. The van der Waals surface area contributed by atoms with Crippen LogP contribution in [0.3, 0.4) is 0 Å². The molecule has 6 nitrogen and oxygen atoms in total. The Morgan fingerprint density at radius 1 is 1.50 bits per heavy atom. The zero-order chi connectivity index (χ0) is 14.5. The van der Waals surface area contributed by atoms with Crippen LogP contribution in [-0.4, -0.2) is 40.5 Å². The summed E-state index contributed by atoms with van der Waals surface area (Å²) >= 11 is 3.34. The van der Waals surface area contributed by atoms with Crippen molar-refractivity contribution in [3.8, 4) is 0 Å². The molecule has 20 heavy (non-hydrogen) atoms. The van der Waals surface area contributed by atoms with Gasteiger partial charge in [0.25, 0.3) is 0 Å². The lowest BCUT2D eigenvalue weighted by Gasteiger charge is -2.32. The average molecular weight is 343 g/mol. The summed E-state index contributed by atoms with van der Waals surface area (Å²) in [6.45, 7) is 5.40. The normalized spacial score (nSPS) is 17.1. The maximum absolute atomic E-state index is 11.0. The SMILES string of the molecule is CCCN1CCC(Nc2c(Br)cncc2[N+](=O)[O-])CC1. The van der Waals surface area contributed by atoms with Crippen molar-refractivity contribution >= 4 is 27.3 Å². The number of nitrogens with zero attached hydrogens (tertiary/aromatic N) is 3. The number of hydrogen-bond acceptors (Lipinski definition) is 5. The van der Waals surface area contributed by atoms with Crippen molar-refractivity contribution in [2.45, 2.75) is 32.2 Å². The van der Waals surface area contributed by atoms with Gasteiger partial charge in [0.05, 0.1) is 9.40 Å². The van der Waals surface area contributed by atoms with Crippen LogP contribution in [0.4, 0.5) is 11.4 Å². The molecule has 0 spiro atoms. The first-order valence-electron chi connectivity index (χ1n) is 6.88. The zero-order valence-electron chi connectivity index (χ0n) is 11.5. The largest absolute Gasteiger partial charge is 0.376 e. The molecule has 0 bridgehead atoms. The Hall–Kier alpha value is -1.21. The first-order valence-corrected chi connectivity index (χ1v) is 7.68. The average Bonchev–Trinajstić information content (AvgIpc) is 2.43. The number of nitro groups is 1. The Labute approximate surface area is 126 Å². The standard InChI is InChI=1S/C13H19BrN4O2/c1-2-5-17-6-3-10(4-7-17)16-13-11(14)8-15-9-12(13)18(19)20/h8-10H,2-7H2,1H3,(H,15,16). The molecular weight excluding hydrogens is 324 g/mol. The Morgan fingerprint density at radius 2 is 2.20 bits per heavy atom. The van der Waals surface area contributed by atoms with Gasteiger partial charge >= 0.3 is 5.69 Å². The van der Waals surface area contributed by atoms with Crippen LogP contribution >= 0.6 is 15.9 Å². The summed E-state index contributed by atoms with van der Waals surface area (Å²) in [5.74, 6) is 0. The number of pyridine rings is 1. The van der Waals surface area contributed by atoms with Gasteiger partial charge in [-0.05, 0) is 41.7 Å². The molecule has 0 radical (unpaired) electrons. The van der Waals surface area contributed by atoms with E-state index in [1.54, 1.807) is 6.20 Å². The van der Waals surface area contributed by atoms with Crippen LogP contribution in [0.2, 0.25) is 0 Å². The molecule has 0 saturated carbocycles. The highest BCUT2D eigenvalue weighted by Crippen LogP contribution is 2.32. The predicted molar refractivity (Wildman–Crippen MR) is 82.0 cm³/mol. The molecule has 0 atom stereocenters. The fourth-order valence-electron chi connectivity index (χ4n) is 2.53. The Kier molecular flexibility index (Phi) is 5.31. The topological polar surface area (TPSA) is 71.3 Å². The number of piperidine rings is 1. The number of aromatic nitrogens is 1. The van der Waals surface area contributed by atoms with Crippen LogP contribution in [-0.2, 0) is 0 Å². The Balaban J connectivity index is 2.03. The maximum atomic E-state index is 11.0. The second kappa shape index (κ2) is 6.99. The van der Waals surface area contributed by atoms with Crippen LogP contribution in [0.1, 0.15) is 26.2 Å². The monoisotopic (exact) mass is 342 g/mol. The predicted octanol–water partition coefficient (Wildman–Crippen LogP) is 3.04. The van der Waals surface area contributed by atoms with Crippen LogP contribution in [0, 0.1) is 10.1 Å². The molecule has 1 N–H and O–H groups in total. The molecule has 0 amide bonds. The lowest BCUT2D eigenvalue weighted by atomic mass is 10.0. The summed E-state index contributed by atoms with van der Waals surface area (Å²) in [7, 11) is 0. The summed E-state index contributed by atoms with van der Waals surface area (Å²) < 4.78 is 0.641. The highest BCUT2D eigenvalue weighted by atomic mass is 79.9. The fourth-order valence-corrected chi connectivity index (χ4v) is 2.96. The van der Waals surface area contributed by atoms with Crippen LogP contribution in [0.15, 0.2) is 16.9 Å². The lowest BCUT2D eigenvalue weighted by molar-refractivity contribution is -0.384. The van der Waals surface area contributed by atoms with Crippen molar-refractivity contribution < 1.29 is 4.92 Å². The van der Waals surface area contributed by atoms with Gasteiger partial charge in [-0.25, -0.2) is 0 Å². The minimum atomic E-state index is -0.397. The van der Waals surface area contributed by atoms with Crippen molar-refractivity contribution in [2.75, 3.05) is 25.0 Å². The van der Waals surface area contributed by atoms with E-state index in [1.807, 2.05) is 0 Å². The van der Waals surface area contributed by atoms with Gasteiger partial charge in [0, 0.05) is 25.3 Å². The molecule has 7 heteroatoms. The van der Waals surface area contributed by atoms with Crippen LogP contribution < -0.4 is 5.32 Å². The molecule has 1 aromatic rings. The summed E-state index contributed by atoms with van der Waals surface area (Å²) in [5.41, 5.74) is 0.564. The van der Waals surface area contributed by atoms with Crippen LogP contribution in [0.25, 0.3) is 0 Å². The van der Waals surface area contributed by atoms with Crippen molar-refractivity contribution in [1.29, 1.82) is 0 Å². The van der Waals surface area contributed by atoms with E-state index in [2.05, 4.69) is 38.1 Å². The second-order valence-corrected chi connectivity index (χ2v) is 5.89. The molecule has 2 rings (SSSR count). The highest BCUT2D eigenvalue weighted by molar-refractivity contribution is 9.10. The van der Waals surface area contributed by atoms with E-state index in [-0.39, 0.29) is 11.7 Å². The van der Waals surface area contributed by atoms with E-state index in [1.165, 1.54) is 12.6 Å². The first-order chi connectivity index (χ1) is 9.61. The zero-order valence-corrected chi connectivity index (χ0v) is 13.1. The van der Waals surface area contributed by atoms with Gasteiger partial charge in [0.2, 0.25) is 0 Å². The summed E-state index contributed by atoms with van der Waals surface area (Å²) in [6.07, 6.45) is 6.05. The number of anilines is 1. The van der Waals surface area contributed by atoms with Crippen molar-refractivity contribution in [2.24, 2.45) is 0 Å². The van der Waals surface area contributed by atoms with Gasteiger partial charge in [-0.3, -0.25) is 15.1 Å². The van der Waals surface area contributed by atoms with Gasteiger partial charge < -0.3 is 10.2 Å². The molecular formula is C13H19BrN4O2. The molecule has 1 aromatic heterocycles. The van der Waals surface area contributed by atoms with Crippen molar-refractivity contribution in [3.05, 3.63) is 27.0 Å². The van der Waals surface area contributed by atoms with Crippen LogP contribution in [0.5, 0.6) is 0 Å². The molecule has 0 unspecified atom stereocenters. The Bertz CT molecular complexity index is 475. The number of halogens is 1. The van der Waals surface area contributed by atoms with Gasteiger partial charge in [0.1, 0.15) is 11.9 Å². The molecule has 2 heterocycles. The van der Waals surface area contributed by atoms with Gasteiger partial charge in [-0.1, -0.05) is 6.92 Å². The molecule has 0 aromatic carbocycles. The maximum Gasteiger partial charge on any atom is 0.311 e. The van der Waals surface area contributed by atoms with Crippen molar-refractivity contribution in [1.82, 2.24) is 9.88 Å². The molecule has 1 aliphatic heterocycles. The third kappa shape index (κ3) is 3.67. The molecule has 110 valence electrons. The molecule has 1 aliphatic rings. The quantitative estimate of drug-likeness (QED) is 0.657. The minimum Gasteiger partial charge on any atom is -0.376 e. The molecule has 0 aliphatic carbocycles. The highest BCUT2D eigenvalue weighted by Gasteiger charge is 2.23. The van der Waals surface area contributed by atoms with Gasteiger partial charge in [-0.2, -0.15) is 0 Å². The lowest BCUT2D eigenvalue weighted by Crippen LogP contribution is -2.39. The van der Waals surface area contributed by atoms with E-state index in [9.17, 15) is 10.1 Å². The number of hydrogen-bond donors (Lipinski definition) is 1. The molecule has 1 fully saturated rings. The smallest absolute Gasteiger partial charge is 0.311 e. The molecule has 1 saturated heterocycles. The fraction of sp³-hybridized carbons (Fsp3) is 0.615. The van der Waals surface area contributed by atoms with E-state index < -0.39 is 4.92 Å².